The van der Waals surface area contributed by atoms with Crippen LogP contribution in [0.2, 0.25) is 0 Å². The molecule has 5 nitrogen and oxygen atoms in total. The molecule has 6 heteroatoms. The highest BCUT2D eigenvalue weighted by Gasteiger charge is 2.23. The van der Waals surface area contributed by atoms with Crippen molar-refractivity contribution in [1.29, 1.82) is 0 Å². The molecule has 15 heavy (non-hydrogen) atoms. The number of rotatable bonds is 3. The minimum atomic E-state index is 0.592. The van der Waals surface area contributed by atoms with Gasteiger partial charge in [-0.3, -0.25) is 5.10 Å². The molecule has 2 N–H and O–H groups in total. The Morgan fingerprint density at radius 2 is 2.40 bits per heavy atom. The average molecular weight is 225 g/mol. The van der Waals surface area contributed by atoms with Gasteiger partial charge in [0.05, 0.1) is 6.54 Å². The summed E-state index contributed by atoms with van der Waals surface area (Å²) in [6, 6.07) is 0.592. The van der Waals surface area contributed by atoms with Crippen molar-refractivity contribution >= 4 is 17.3 Å². The van der Waals surface area contributed by atoms with Crippen molar-refractivity contribution in [2.45, 2.75) is 32.4 Å². The molecule has 0 spiro atoms. The molecule has 1 aromatic heterocycles. The Hall–Kier alpha value is -1.17. The number of hydrogen-bond donors (Lipinski definition) is 2. The van der Waals surface area contributed by atoms with Crippen LogP contribution in [0, 0.1) is 6.92 Å². The lowest BCUT2D eigenvalue weighted by Crippen LogP contribution is -2.37. The van der Waals surface area contributed by atoms with Gasteiger partial charge in [0.25, 0.3) is 0 Å². The van der Waals surface area contributed by atoms with Gasteiger partial charge in [0.1, 0.15) is 5.82 Å². The van der Waals surface area contributed by atoms with E-state index in [2.05, 4.69) is 20.5 Å². The quantitative estimate of drug-likeness (QED) is 0.737. The molecule has 0 unspecified atom stereocenters. The zero-order chi connectivity index (χ0) is 10.8. The molecule has 0 amide bonds. The molecular formula is C9H15N5S. The third kappa shape index (κ3) is 2.89. The highest BCUT2D eigenvalue weighted by molar-refractivity contribution is 7.80. The molecule has 82 valence electrons. The first-order valence-electron chi connectivity index (χ1n) is 5.04. The number of nitrogens with one attached hydrogen (secondary N) is 2. The van der Waals surface area contributed by atoms with Crippen LogP contribution in [0.1, 0.15) is 24.5 Å². The zero-order valence-corrected chi connectivity index (χ0v) is 9.77. The summed E-state index contributed by atoms with van der Waals surface area (Å²) in [5.74, 6) is 1.61. The van der Waals surface area contributed by atoms with Crippen LogP contribution in [0.5, 0.6) is 0 Å². The van der Waals surface area contributed by atoms with Gasteiger partial charge < -0.3 is 10.2 Å². The third-order valence-corrected chi connectivity index (χ3v) is 2.70. The van der Waals surface area contributed by atoms with Crippen molar-refractivity contribution in [3.63, 3.8) is 0 Å². The largest absolute Gasteiger partial charge is 0.360 e. The monoisotopic (exact) mass is 225 g/mol. The number of nitrogens with zero attached hydrogens (tertiary/aromatic N) is 3. The van der Waals surface area contributed by atoms with Crippen LogP contribution >= 0.6 is 12.2 Å². The molecular weight excluding hydrogens is 210 g/mol. The summed E-state index contributed by atoms with van der Waals surface area (Å²) in [5.41, 5.74) is 0. The Balaban J connectivity index is 1.84. The molecule has 0 radical (unpaired) electrons. The topological polar surface area (TPSA) is 56.8 Å². The number of thiocarbonyl (C=S) groups is 1. The van der Waals surface area contributed by atoms with Gasteiger partial charge in [0.15, 0.2) is 10.9 Å². The van der Waals surface area contributed by atoms with E-state index in [0.717, 1.165) is 16.8 Å². The smallest absolute Gasteiger partial charge is 0.169 e. The summed E-state index contributed by atoms with van der Waals surface area (Å²) in [7, 11) is 1.95. The van der Waals surface area contributed by atoms with Crippen LogP contribution in [0.3, 0.4) is 0 Å². The third-order valence-electron chi connectivity index (χ3n) is 2.27. The van der Waals surface area contributed by atoms with E-state index < -0.39 is 0 Å². The fraction of sp³-hybridized carbons (Fsp3) is 0.667. The van der Waals surface area contributed by atoms with E-state index in [4.69, 9.17) is 12.2 Å². The van der Waals surface area contributed by atoms with Crippen LogP contribution in [0.4, 0.5) is 0 Å². The van der Waals surface area contributed by atoms with E-state index in [9.17, 15) is 0 Å². The van der Waals surface area contributed by atoms with Crippen molar-refractivity contribution < 1.29 is 0 Å². The highest BCUT2D eigenvalue weighted by atomic mass is 32.1. The maximum atomic E-state index is 5.25. The Morgan fingerprint density at radius 3 is 2.93 bits per heavy atom. The lowest BCUT2D eigenvalue weighted by Gasteiger charge is -2.19. The maximum Gasteiger partial charge on any atom is 0.169 e. The summed E-state index contributed by atoms with van der Waals surface area (Å²) >= 11 is 5.25. The number of hydrogen-bond acceptors (Lipinski definition) is 3. The van der Waals surface area contributed by atoms with Gasteiger partial charge in [-0.1, -0.05) is 0 Å². The summed E-state index contributed by atoms with van der Waals surface area (Å²) in [6.07, 6.45) is 2.46. The SMILES string of the molecule is Cc1nc(CN(C)C(=S)NC2CC2)n[nH]1. The molecule has 2 rings (SSSR count). The van der Waals surface area contributed by atoms with Crippen LogP contribution in [0.15, 0.2) is 0 Å². The first kappa shape index (κ1) is 10.4. The highest BCUT2D eigenvalue weighted by Crippen LogP contribution is 2.18. The van der Waals surface area contributed by atoms with Crippen LogP contribution in [0.25, 0.3) is 0 Å². The molecule has 1 fully saturated rings. The van der Waals surface area contributed by atoms with Gasteiger partial charge in [-0.25, -0.2) is 4.98 Å². The Labute approximate surface area is 94.3 Å². The van der Waals surface area contributed by atoms with Crippen molar-refractivity contribution in [2.75, 3.05) is 7.05 Å². The minimum Gasteiger partial charge on any atom is -0.360 e. The van der Waals surface area contributed by atoms with E-state index in [-0.39, 0.29) is 0 Å². The molecule has 0 bridgehead atoms. The Bertz CT molecular complexity index is 357. The first-order chi connectivity index (χ1) is 7.15. The summed E-state index contributed by atoms with van der Waals surface area (Å²) in [4.78, 5) is 6.19. The normalized spacial score (nSPS) is 15.1. The van der Waals surface area contributed by atoms with Crippen molar-refractivity contribution in [1.82, 2.24) is 25.4 Å². The van der Waals surface area contributed by atoms with E-state index in [1.165, 1.54) is 12.8 Å². The minimum absolute atomic E-state index is 0.592. The second-order valence-corrected chi connectivity index (χ2v) is 4.30. The summed E-state index contributed by atoms with van der Waals surface area (Å²) in [5, 5.41) is 10.9. The molecule has 1 aromatic rings. The predicted octanol–water partition coefficient (Wildman–Crippen LogP) is 0.582. The molecule has 1 aliphatic carbocycles. The fourth-order valence-electron chi connectivity index (χ4n) is 1.26. The van der Waals surface area contributed by atoms with E-state index in [1.807, 2.05) is 18.9 Å². The van der Waals surface area contributed by atoms with Gasteiger partial charge >= 0.3 is 0 Å². The van der Waals surface area contributed by atoms with Crippen molar-refractivity contribution in [2.24, 2.45) is 0 Å². The van der Waals surface area contributed by atoms with E-state index in [0.29, 0.717) is 12.6 Å². The average Bonchev–Trinajstić information content (AvgIpc) is 2.90. The summed E-state index contributed by atoms with van der Waals surface area (Å²) in [6.45, 7) is 2.53. The zero-order valence-electron chi connectivity index (χ0n) is 8.95. The van der Waals surface area contributed by atoms with Crippen LogP contribution < -0.4 is 5.32 Å². The number of aryl methyl sites for hydroxylation is 1. The van der Waals surface area contributed by atoms with Gasteiger partial charge in [-0.15, -0.1) is 0 Å². The molecule has 1 heterocycles. The van der Waals surface area contributed by atoms with E-state index in [1.54, 1.807) is 0 Å². The maximum absolute atomic E-state index is 5.25. The molecule has 0 saturated heterocycles. The van der Waals surface area contributed by atoms with Gasteiger partial charge in [0.2, 0.25) is 0 Å². The van der Waals surface area contributed by atoms with E-state index >= 15 is 0 Å². The molecule has 0 aromatic carbocycles. The number of aromatic nitrogens is 3. The first-order valence-corrected chi connectivity index (χ1v) is 5.45. The predicted molar refractivity (Wildman–Crippen MR) is 61.3 cm³/mol. The molecule has 1 saturated carbocycles. The Morgan fingerprint density at radius 1 is 1.67 bits per heavy atom. The molecule has 0 atom stereocenters. The Kier molecular flexibility index (Phi) is 2.86. The lowest BCUT2D eigenvalue weighted by molar-refractivity contribution is 0.473. The lowest BCUT2D eigenvalue weighted by atomic mass is 10.5. The fourth-order valence-corrected chi connectivity index (χ4v) is 1.49. The summed E-state index contributed by atoms with van der Waals surface area (Å²) < 4.78 is 0. The van der Waals surface area contributed by atoms with Crippen molar-refractivity contribution in [3.05, 3.63) is 11.6 Å². The second-order valence-electron chi connectivity index (χ2n) is 3.92. The standard InChI is InChI=1S/C9H15N5S/c1-6-10-8(13-12-6)5-14(2)9(15)11-7-3-4-7/h7H,3-5H2,1-2H3,(H,11,15)(H,10,12,13). The van der Waals surface area contributed by atoms with Crippen molar-refractivity contribution in [3.8, 4) is 0 Å². The number of H-pyrrole nitrogens is 1. The van der Waals surface area contributed by atoms with Gasteiger partial charge in [0, 0.05) is 13.1 Å². The number of aromatic amines is 1. The second kappa shape index (κ2) is 4.14. The van der Waals surface area contributed by atoms with Crippen LogP contribution in [-0.4, -0.2) is 38.3 Å². The van der Waals surface area contributed by atoms with Crippen LogP contribution in [-0.2, 0) is 6.54 Å². The van der Waals surface area contributed by atoms with Gasteiger partial charge in [-0.05, 0) is 32.0 Å². The van der Waals surface area contributed by atoms with Gasteiger partial charge in [-0.2, -0.15) is 5.10 Å². The molecule has 0 aliphatic heterocycles. The molecule has 1 aliphatic rings.